The van der Waals surface area contributed by atoms with Crippen LogP contribution in [0.2, 0.25) is 0 Å². The molecule has 5 heteroatoms. The summed E-state index contributed by atoms with van der Waals surface area (Å²) < 4.78 is 25.4. The van der Waals surface area contributed by atoms with Gasteiger partial charge in [0.2, 0.25) is 0 Å². The Hall–Kier alpha value is -2.92. The first-order valence-corrected chi connectivity index (χ1v) is 11.8. The fraction of sp³-hybridized carbons (Fsp3) is 0.240. The molecule has 156 valence electrons. The van der Waals surface area contributed by atoms with Gasteiger partial charge in [-0.05, 0) is 48.7 Å². The number of amides is 1. The van der Waals surface area contributed by atoms with Crippen molar-refractivity contribution in [1.29, 1.82) is 0 Å². The molecule has 1 atom stereocenters. The molecular weight excluding hydrogens is 394 g/mol. The van der Waals surface area contributed by atoms with Gasteiger partial charge >= 0.3 is 0 Å². The Morgan fingerprint density at radius 3 is 2.10 bits per heavy atom. The summed E-state index contributed by atoms with van der Waals surface area (Å²) in [7, 11) is -3.47. The van der Waals surface area contributed by atoms with E-state index in [0.717, 1.165) is 12.0 Å². The van der Waals surface area contributed by atoms with Crippen LogP contribution in [0.5, 0.6) is 0 Å². The van der Waals surface area contributed by atoms with E-state index in [1.54, 1.807) is 54.6 Å². The van der Waals surface area contributed by atoms with Gasteiger partial charge in [0.05, 0.1) is 10.6 Å². The van der Waals surface area contributed by atoms with E-state index in [-0.39, 0.29) is 22.6 Å². The number of rotatable bonds is 8. The van der Waals surface area contributed by atoms with E-state index >= 15 is 0 Å². The second kappa shape index (κ2) is 9.72. The molecule has 0 aromatic heterocycles. The highest BCUT2D eigenvalue weighted by atomic mass is 32.2. The van der Waals surface area contributed by atoms with Gasteiger partial charge in [0.25, 0.3) is 5.91 Å². The van der Waals surface area contributed by atoms with Gasteiger partial charge in [-0.1, -0.05) is 67.6 Å². The first-order chi connectivity index (χ1) is 14.4. The van der Waals surface area contributed by atoms with E-state index < -0.39 is 9.84 Å². The van der Waals surface area contributed by atoms with Crippen LogP contribution in [-0.4, -0.2) is 25.3 Å². The molecule has 0 saturated heterocycles. The van der Waals surface area contributed by atoms with Crippen molar-refractivity contribution >= 4 is 15.7 Å². The Kier molecular flexibility index (Phi) is 7.06. The largest absolute Gasteiger partial charge is 0.332 e. The number of hydrogen-bond donors (Lipinski definition) is 0. The predicted molar refractivity (Wildman–Crippen MR) is 120 cm³/mol. The second-order valence-electron chi connectivity index (χ2n) is 7.45. The van der Waals surface area contributed by atoms with Gasteiger partial charge in [0.15, 0.2) is 9.84 Å². The lowest BCUT2D eigenvalue weighted by Gasteiger charge is -2.29. The van der Waals surface area contributed by atoms with Gasteiger partial charge in [-0.2, -0.15) is 0 Å². The monoisotopic (exact) mass is 421 g/mol. The number of hydrogen-bond acceptors (Lipinski definition) is 3. The topological polar surface area (TPSA) is 54.5 Å². The molecule has 3 aromatic rings. The van der Waals surface area contributed by atoms with Crippen molar-refractivity contribution in [2.75, 3.05) is 0 Å². The number of sulfone groups is 1. The molecule has 0 radical (unpaired) electrons. The highest BCUT2D eigenvalue weighted by Gasteiger charge is 2.22. The van der Waals surface area contributed by atoms with Gasteiger partial charge in [0, 0.05) is 18.2 Å². The van der Waals surface area contributed by atoms with Gasteiger partial charge in [-0.25, -0.2) is 8.42 Å². The molecule has 4 nitrogen and oxygen atoms in total. The molecule has 0 aliphatic heterocycles. The Balaban J connectivity index is 1.85. The van der Waals surface area contributed by atoms with Crippen LogP contribution in [0.3, 0.4) is 0 Å². The Morgan fingerprint density at radius 2 is 1.47 bits per heavy atom. The molecule has 1 amide bonds. The van der Waals surface area contributed by atoms with Gasteiger partial charge in [-0.15, -0.1) is 0 Å². The van der Waals surface area contributed by atoms with Crippen LogP contribution in [0, 0.1) is 0 Å². The molecule has 0 bridgehead atoms. The zero-order valence-electron chi connectivity index (χ0n) is 17.4. The molecule has 0 aliphatic carbocycles. The lowest BCUT2D eigenvalue weighted by Crippen LogP contribution is -2.37. The molecule has 0 aliphatic rings. The summed E-state index contributed by atoms with van der Waals surface area (Å²) in [5.41, 5.74) is 2.18. The van der Waals surface area contributed by atoms with Crippen LogP contribution < -0.4 is 0 Å². The maximum Gasteiger partial charge on any atom is 0.254 e. The quantitative estimate of drug-likeness (QED) is 0.508. The molecular formula is C25H27NO3S. The Bertz CT molecular complexity index is 1080. The second-order valence-corrected chi connectivity index (χ2v) is 9.44. The van der Waals surface area contributed by atoms with Gasteiger partial charge in [-0.3, -0.25) is 4.79 Å². The number of nitrogens with zero attached hydrogens (tertiary/aromatic N) is 1. The minimum atomic E-state index is -3.47. The molecule has 3 aromatic carbocycles. The summed E-state index contributed by atoms with van der Waals surface area (Å²) in [4.78, 5) is 15.4. The van der Waals surface area contributed by atoms with Crippen molar-refractivity contribution in [3.63, 3.8) is 0 Å². The average molecular weight is 422 g/mol. The molecule has 3 rings (SSSR count). The minimum Gasteiger partial charge on any atom is -0.332 e. The minimum absolute atomic E-state index is 0.0643. The molecule has 0 N–H and O–H groups in total. The zero-order chi connectivity index (χ0) is 21.6. The average Bonchev–Trinajstić information content (AvgIpc) is 2.77. The Labute approximate surface area is 179 Å². The fourth-order valence-electron chi connectivity index (χ4n) is 3.32. The third kappa shape index (κ3) is 5.36. The SMILES string of the molecule is CCC(C)N(Cc1ccccc1)C(=O)c1cccc(CS(=O)(=O)c2ccccc2)c1. The van der Waals surface area contributed by atoms with E-state index in [0.29, 0.717) is 17.7 Å². The fourth-order valence-corrected chi connectivity index (χ4v) is 4.68. The maximum absolute atomic E-state index is 13.3. The van der Waals surface area contributed by atoms with Crippen LogP contribution in [0.25, 0.3) is 0 Å². The van der Waals surface area contributed by atoms with E-state index in [1.807, 2.05) is 42.2 Å². The summed E-state index contributed by atoms with van der Waals surface area (Å²) in [5.74, 6) is -0.229. The van der Waals surface area contributed by atoms with Crippen LogP contribution in [-0.2, 0) is 22.1 Å². The smallest absolute Gasteiger partial charge is 0.254 e. The maximum atomic E-state index is 13.3. The van der Waals surface area contributed by atoms with Crippen molar-refractivity contribution in [2.45, 2.75) is 43.5 Å². The Morgan fingerprint density at radius 1 is 0.867 bits per heavy atom. The normalized spacial score (nSPS) is 12.3. The van der Waals surface area contributed by atoms with Crippen LogP contribution in [0.4, 0.5) is 0 Å². The first-order valence-electron chi connectivity index (χ1n) is 10.1. The van der Waals surface area contributed by atoms with Gasteiger partial charge < -0.3 is 4.90 Å². The van der Waals surface area contributed by atoms with E-state index in [9.17, 15) is 13.2 Å². The molecule has 0 fully saturated rings. The molecule has 30 heavy (non-hydrogen) atoms. The van der Waals surface area contributed by atoms with Crippen molar-refractivity contribution in [3.8, 4) is 0 Å². The third-order valence-corrected chi connectivity index (χ3v) is 6.92. The summed E-state index contributed by atoms with van der Waals surface area (Å²) >= 11 is 0. The van der Waals surface area contributed by atoms with E-state index in [2.05, 4.69) is 6.92 Å². The van der Waals surface area contributed by atoms with Crippen LogP contribution in [0.15, 0.2) is 89.8 Å². The molecule has 0 heterocycles. The van der Waals surface area contributed by atoms with E-state index in [1.165, 1.54) is 0 Å². The van der Waals surface area contributed by atoms with Crippen LogP contribution in [0.1, 0.15) is 41.8 Å². The predicted octanol–water partition coefficient (Wildman–Crippen LogP) is 5.10. The number of carbonyl (C=O) groups is 1. The summed E-state index contributed by atoms with van der Waals surface area (Å²) in [5, 5.41) is 0. The third-order valence-electron chi connectivity index (χ3n) is 5.21. The number of carbonyl (C=O) groups excluding carboxylic acids is 1. The van der Waals surface area contributed by atoms with Crippen LogP contribution >= 0.6 is 0 Å². The van der Waals surface area contributed by atoms with E-state index in [4.69, 9.17) is 0 Å². The highest BCUT2D eigenvalue weighted by molar-refractivity contribution is 7.90. The number of benzene rings is 3. The summed E-state index contributed by atoms with van der Waals surface area (Å²) in [6, 6.07) is 25.3. The van der Waals surface area contributed by atoms with Crippen molar-refractivity contribution < 1.29 is 13.2 Å². The van der Waals surface area contributed by atoms with Crippen molar-refractivity contribution in [1.82, 2.24) is 4.90 Å². The molecule has 0 saturated carbocycles. The lowest BCUT2D eigenvalue weighted by molar-refractivity contribution is 0.0671. The first kappa shape index (κ1) is 21.8. The molecule has 1 unspecified atom stereocenters. The summed E-state index contributed by atoms with van der Waals surface area (Å²) in [6.45, 7) is 4.60. The standard InChI is InChI=1S/C25H27NO3S/c1-3-20(2)26(18-21-11-6-4-7-12-21)25(27)23-14-10-13-22(17-23)19-30(28,29)24-15-8-5-9-16-24/h4-17,20H,3,18-19H2,1-2H3. The highest BCUT2D eigenvalue weighted by Crippen LogP contribution is 2.20. The lowest BCUT2D eigenvalue weighted by atomic mass is 10.1. The van der Waals surface area contributed by atoms with Crippen molar-refractivity contribution in [3.05, 3.63) is 102 Å². The van der Waals surface area contributed by atoms with Crippen molar-refractivity contribution in [2.24, 2.45) is 0 Å². The zero-order valence-corrected chi connectivity index (χ0v) is 18.2. The van der Waals surface area contributed by atoms with Gasteiger partial charge in [0.1, 0.15) is 0 Å². The molecule has 0 spiro atoms. The summed E-state index contributed by atoms with van der Waals surface area (Å²) in [6.07, 6.45) is 0.834.